The van der Waals surface area contributed by atoms with Crippen LogP contribution in [-0.4, -0.2) is 95.6 Å². The molecule has 0 aromatic carbocycles. The third-order valence-corrected chi connectivity index (χ3v) is 3.12. The number of aliphatic carboxylic acids is 1. The Balaban J connectivity index is 2.58. The molecule has 1 saturated heterocycles. The van der Waals surface area contributed by atoms with E-state index in [4.69, 9.17) is 14.6 Å². The maximum absolute atomic E-state index is 12.6. The van der Waals surface area contributed by atoms with Crippen LogP contribution in [0.1, 0.15) is 0 Å². The van der Waals surface area contributed by atoms with Crippen LogP contribution in [0.25, 0.3) is 0 Å². The van der Waals surface area contributed by atoms with Gasteiger partial charge >= 0.3 is 5.97 Å². The molecule has 0 spiro atoms. The number of carboxylic acids is 1. The van der Waals surface area contributed by atoms with E-state index in [9.17, 15) is 24.5 Å². The van der Waals surface area contributed by atoms with E-state index in [2.05, 4.69) is 0 Å². The number of nitrogens with zero attached hydrogens (tertiary/aromatic N) is 1. The number of likely N-dealkylation sites (N-methyl/N-ethyl adjacent to an activating group) is 1. The molecule has 0 bridgehead atoms. The Labute approximate surface area is 115 Å². The highest BCUT2D eigenvalue weighted by atomic mass is 19.1. The van der Waals surface area contributed by atoms with E-state index in [1.54, 1.807) is 14.1 Å². The highest BCUT2D eigenvalue weighted by Crippen LogP contribution is 2.22. The van der Waals surface area contributed by atoms with Gasteiger partial charge < -0.3 is 34.4 Å². The smallest absolute Gasteiger partial charge is 0.335 e. The van der Waals surface area contributed by atoms with E-state index in [1.807, 2.05) is 0 Å². The van der Waals surface area contributed by atoms with E-state index < -0.39 is 43.5 Å². The number of hydrogen-bond acceptors (Lipinski definition) is 6. The van der Waals surface area contributed by atoms with Gasteiger partial charge in [0.05, 0.1) is 20.7 Å². The van der Waals surface area contributed by atoms with Crippen molar-refractivity contribution in [3.63, 3.8) is 0 Å². The van der Waals surface area contributed by atoms with Gasteiger partial charge in [0.1, 0.15) is 24.9 Å². The lowest BCUT2D eigenvalue weighted by molar-refractivity contribution is -0.903. The number of aliphatic hydroxyl groups is 3. The molecule has 0 amide bonds. The lowest BCUT2D eigenvalue weighted by atomic mass is 9.99. The van der Waals surface area contributed by atoms with Crippen LogP contribution in [0.3, 0.4) is 0 Å². The fraction of sp³-hybridized carbons (Fsp3) is 0.909. The average molecular weight is 298 g/mol. The minimum absolute atomic E-state index is 0.00615. The van der Waals surface area contributed by atoms with E-state index in [0.717, 1.165) is 0 Å². The maximum Gasteiger partial charge on any atom is 0.335 e. The first-order chi connectivity index (χ1) is 9.19. The number of quaternary nitrogens is 1. The first kappa shape index (κ1) is 17.2. The molecule has 0 saturated carbocycles. The fourth-order valence-electron chi connectivity index (χ4n) is 1.67. The summed E-state index contributed by atoms with van der Waals surface area (Å²) in [5.74, 6) is -1.48. The van der Waals surface area contributed by atoms with Crippen LogP contribution in [0.2, 0.25) is 0 Å². The van der Waals surface area contributed by atoms with Crippen LogP contribution in [0.4, 0.5) is 4.39 Å². The van der Waals surface area contributed by atoms with Crippen molar-refractivity contribution < 1.29 is 43.6 Å². The third kappa shape index (κ3) is 4.08. The Morgan fingerprint density at radius 3 is 2.35 bits per heavy atom. The van der Waals surface area contributed by atoms with E-state index in [0.29, 0.717) is 0 Å². The van der Waals surface area contributed by atoms with Crippen LogP contribution in [0.15, 0.2) is 0 Å². The second-order valence-corrected chi connectivity index (χ2v) is 5.38. The van der Waals surface area contributed by atoms with E-state index >= 15 is 0 Å². The van der Waals surface area contributed by atoms with Gasteiger partial charge in [-0.25, -0.2) is 4.79 Å². The number of aliphatic hydroxyl groups excluding tert-OH is 3. The van der Waals surface area contributed by atoms with Gasteiger partial charge in [-0.1, -0.05) is 0 Å². The molecule has 20 heavy (non-hydrogen) atoms. The summed E-state index contributed by atoms with van der Waals surface area (Å²) in [5, 5.41) is 37.5. The number of halogens is 1. The summed E-state index contributed by atoms with van der Waals surface area (Å²) in [6.45, 7) is -0.357. The zero-order valence-electron chi connectivity index (χ0n) is 11.3. The summed E-state index contributed by atoms with van der Waals surface area (Å²) < 4.78 is 22.7. The molecule has 4 N–H and O–H groups in total. The first-order valence-corrected chi connectivity index (χ1v) is 6.11. The molecule has 0 unspecified atom stereocenters. The number of hydrogen-bond donors (Lipinski definition) is 4. The Morgan fingerprint density at radius 2 is 1.85 bits per heavy atom. The van der Waals surface area contributed by atoms with Gasteiger partial charge in [-0.2, -0.15) is 4.39 Å². The highest BCUT2D eigenvalue weighted by Gasteiger charge is 2.47. The molecule has 0 aliphatic carbocycles. The normalized spacial score (nSPS) is 35.0. The zero-order chi connectivity index (χ0) is 15.5. The Hall–Kier alpha value is -0.840. The summed E-state index contributed by atoms with van der Waals surface area (Å²) >= 11 is 0. The fourth-order valence-corrected chi connectivity index (χ4v) is 1.67. The molecular formula is C11H21FNO7+. The monoisotopic (exact) mass is 298 g/mol. The van der Waals surface area contributed by atoms with Gasteiger partial charge in [-0.05, 0) is 0 Å². The molecule has 1 heterocycles. The molecule has 1 aliphatic rings. The summed E-state index contributed by atoms with van der Waals surface area (Å²) in [6.07, 6.45) is -8.11. The van der Waals surface area contributed by atoms with Crippen LogP contribution in [0, 0.1) is 0 Å². The van der Waals surface area contributed by atoms with Gasteiger partial charge in [0.15, 0.2) is 12.4 Å². The quantitative estimate of drug-likeness (QED) is 0.328. The molecule has 5 atom stereocenters. The molecule has 8 nitrogen and oxygen atoms in total. The third-order valence-electron chi connectivity index (χ3n) is 3.12. The Kier molecular flexibility index (Phi) is 5.80. The minimum Gasteiger partial charge on any atom is -0.479 e. The first-order valence-electron chi connectivity index (χ1n) is 6.11. The number of carbonyl (C=O) groups is 1. The second kappa shape index (κ2) is 6.74. The number of ether oxygens (including phenoxy) is 2. The van der Waals surface area contributed by atoms with E-state index in [1.165, 1.54) is 0 Å². The summed E-state index contributed by atoms with van der Waals surface area (Å²) in [4.78, 5) is 10.9. The van der Waals surface area contributed by atoms with Crippen molar-refractivity contribution in [2.75, 3.05) is 34.0 Å². The van der Waals surface area contributed by atoms with Gasteiger partial charge in [-0.15, -0.1) is 0 Å². The molecule has 1 rings (SSSR count). The van der Waals surface area contributed by atoms with Crippen LogP contribution >= 0.6 is 0 Å². The molecule has 9 heteroatoms. The van der Waals surface area contributed by atoms with Gasteiger partial charge in [-0.3, -0.25) is 0 Å². The van der Waals surface area contributed by atoms with Crippen molar-refractivity contribution in [2.24, 2.45) is 0 Å². The van der Waals surface area contributed by atoms with Gasteiger partial charge in [0.2, 0.25) is 6.80 Å². The average Bonchev–Trinajstić information content (AvgIpc) is 2.38. The van der Waals surface area contributed by atoms with Crippen molar-refractivity contribution in [1.29, 1.82) is 0 Å². The molecule has 0 aromatic heterocycles. The molecule has 1 aliphatic heterocycles. The van der Waals surface area contributed by atoms with Crippen molar-refractivity contribution >= 4 is 5.97 Å². The summed E-state index contributed by atoms with van der Waals surface area (Å²) in [7, 11) is 3.25. The Bertz CT molecular complexity index is 341. The second-order valence-electron chi connectivity index (χ2n) is 5.38. The van der Waals surface area contributed by atoms with Crippen LogP contribution < -0.4 is 0 Å². The maximum atomic E-state index is 12.6. The van der Waals surface area contributed by atoms with Crippen molar-refractivity contribution in [3.05, 3.63) is 0 Å². The number of rotatable bonds is 6. The predicted octanol–water partition coefficient (Wildman–Crippen LogP) is -2.10. The van der Waals surface area contributed by atoms with Gasteiger partial charge in [0.25, 0.3) is 0 Å². The molecular weight excluding hydrogens is 277 g/mol. The van der Waals surface area contributed by atoms with Crippen LogP contribution in [0.5, 0.6) is 0 Å². The summed E-state index contributed by atoms with van der Waals surface area (Å²) in [5.41, 5.74) is 0. The molecule has 0 aromatic rings. The van der Waals surface area contributed by atoms with Crippen molar-refractivity contribution in [2.45, 2.75) is 30.7 Å². The lowest BCUT2D eigenvalue weighted by Gasteiger charge is -2.38. The number of alkyl halides is 1. The Morgan fingerprint density at radius 1 is 1.25 bits per heavy atom. The van der Waals surface area contributed by atoms with Crippen molar-refractivity contribution in [1.82, 2.24) is 0 Å². The predicted molar refractivity (Wildman–Crippen MR) is 63.2 cm³/mol. The number of carboxylic acid groups (broad SMARTS) is 1. The largest absolute Gasteiger partial charge is 0.479 e. The topological polar surface area (TPSA) is 116 Å². The molecule has 1 fully saturated rings. The van der Waals surface area contributed by atoms with E-state index in [-0.39, 0.29) is 17.6 Å². The summed E-state index contributed by atoms with van der Waals surface area (Å²) in [6, 6.07) is 0. The molecule has 0 radical (unpaired) electrons. The lowest BCUT2D eigenvalue weighted by Crippen LogP contribution is -2.60. The minimum atomic E-state index is -1.75. The molecule has 118 valence electrons. The SMILES string of the molecule is C[N+](C)(CF)CCO[C@@H]1O[C@H](C(=O)O)[C@@H](O)[C@H](O)[C@H]1O. The van der Waals surface area contributed by atoms with Crippen LogP contribution in [-0.2, 0) is 14.3 Å². The van der Waals surface area contributed by atoms with Gasteiger partial charge in [0, 0.05) is 0 Å². The van der Waals surface area contributed by atoms with Crippen molar-refractivity contribution in [3.8, 4) is 0 Å². The highest BCUT2D eigenvalue weighted by molar-refractivity contribution is 5.73. The standard InChI is InChI=1S/C11H20FNO7/c1-13(2,5-12)3-4-19-11-8(16)6(14)7(15)9(20-11)10(17)18/h6-9,11,14-16H,3-5H2,1-2H3/p+1/t6-,7-,8+,9-,11+/m0/s1. The zero-order valence-corrected chi connectivity index (χ0v) is 11.3.